The summed E-state index contributed by atoms with van der Waals surface area (Å²) in [7, 11) is 1.84. The standard InChI is InChI=1S/C28H24ClFN6O2/c1-3-26(37)36-10-8-20(9-11-36)38-28-22(14-31)27(33-19-5-7-24(30)23(29)13-19)21-6-4-17(12-25(21)34-28)18-15-32-35(2)16-18/h3-7,12-13,15-16,20H,1,8-11H2,2H3,(H,33,34). The first-order chi connectivity index (χ1) is 18.4. The van der Waals surface area contributed by atoms with E-state index in [-0.39, 0.29) is 28.5 Å². The molecule has 8 nitrogen and oxygen atoms in total. The highest BCUT2D eigenvalue weighted by Crippen LogP contribution is 2.37. The number of piperidine rings is 1. The normalized spacial score (nSPS) is 13.8. The molecule has 0 spiro atoms. The van der Waals surface area contributed by atoms with Gasteiger partial charge in [0.25, 0.3) is 0 Å². The van der Waals surface area contributed by atoms with Gasteiger partial charge < -0.3 is 15.0 Å². The minimum Gasteiger partial charge on any atom is -0.473 e. The zero-order chi connectivity index (χ0) is 26.8. The number of carbonyl (C=O) groups excluding carboxylic acids is 1. The zero-order valence-electron chi connectivity index (χ0n) is 20.6. The lowest BCUT2D eigenvalue weighted by Gasteiger charge is -2.31. The predicted octanol–water partition coefficient (Wildman–Crippen LogP) is 5.60. The smallest absolute Gasteiger partial charge is 0.245 e. The molecule has 0 unspecified atom stereocenters. The Balaban J connectivity index is 1.57. The second-order valence-electron chi connectivity index (χ2n) is 9.01. The minimum atomic E-state index is -0.538. The summed E-state index contributed by atoms with van der Waals surface area (Å²) in [4.78, 5) is 18.4. The van der Waals surface area contributed by atoms with E-state index in [1.807, 2.05) is 31.4 Å². The third-order valence-corrected chi connectivity index (χ3v) is 6.79. The Bertz CT molecular complexity index is 1590. The molecular formula is C28H24ClFN6O2. The SMILES string of the molecule is C=CC(=O)N1CCC(Oc2nc3cc(-c4cnn(C)c4)ccc3c(Nc3ccc(F)c(Cl)c3)c2C#N)CC1. The molecule has 3 heterocycles. The highest BCUT2D eigenvalue weighted by molar-refractivity contribution is 6.31. The van der Waals surface area contributed by atoms with E-state index in [4.69, 9.17) is 21.3 Å². The number of nitrogens with zero attached hydrogens (tertiary/aromatic N) is 5. The molecule has 10 heteroatoms. The van der Waals surface area contributed by atoms with Gasteiger partial charge in [-0.25, -0.2) is 9.37 Å². The van der Waals surface area contributed by atoms with E-state index in [9.17, 15) is 14.4 Å². The van der Waals surface area contributed by atoms with Crippen LogP contribution >= 0.6 is 11.6 Å². The molecule has 1 N–H and O–H groups in total. The monoisotopic (exact) mass is 530 g/mol. The van der Waals surface area contributed by atoms with Crippen LogP contribution in [0.25, 0.3) is 22.0 Å². The molecule has 192 valence electrons. The highest BCUT2D eigenvalue weighted by Gasteiger charge is 2.26. The number of pyridine rings is 1. The van der Waals surface area contributed by atoms with Crippen molar-refractivity contribution in [3.63, 3.8) is 0 Å². The zero-order valence-corrected chi connectivity index (χ0v) is 21.4. The molecule has 2 aromatic heterocycles. The van der Waals surface area contributed by atoms with Crippen LogP contribution in [0.3, 0.4) is 0 Å². The van der Waals surface area contributed by atoms with Crippen molar-refractivity contribution in [2.24, 2.45) is 7.05 Å². The number of amides is 1. The van der Waals surface area contributed by atoms with Crippen molar-refractivity contribution in [1.29, 1.82) is 5.26 Å². The summed E-state index contributed by atoms with van der Waals surface area (Å²) in [5.41, 5.74) is 3.64. The van der Waals surface area contributed by atoms with Crippen LogP contribution in [0.5, 0.6) is 5.88 Å². The first-order valence-electron chi connectivity index (χ1n) is 12.0. The van der Waals surface area contributed by atoms with Crippen LogP contribution in [-0.4, -0.2) is 44.8 Å². The second kappa shape index (κ2) is 10.5. The maximum absolute atomic E-state index is 13.8. The van der Waals surface area contributed by atoms with Crippen molar-refractivity contribution in [2.45, 2.75) is 18.9 Å². The molecule has 38 heavy (non-hydrogen) atoms. The molecule has 4 aromatic rings. The van der Waals surface area contributed by atoms with E-state index in [1.54, 1.807) is 21.8 Å². The van der Waals surface area contributed by atoms with Crippen molar-refractivity contribution < 1.29 is 13.9 Å². The number of fused-ring (bicyclic) bond motifs is 1. The number of aryl methyl sites for hydroxylation is 1. The lowest BCUT2D eigenvalue weighted by atomic mass is 10.0. The number of nitriles is 1. The number of carbonyl (C=O) groups is 1. The minimum absolute atomic E-state index is 0.0389. The lowest BCUT2D eigenvalue weighted by molar-refractivity contribution is -0.127. The van der Waals surface area contributed by atoms with Gasteiger partial charge in [-0.1, -0.05) is 30.3 Å². The Morgan fingerprint density at radius 2 is 2.05 bits per heavy atom. The second-order valence-corrected chi connectivity index (χ2v) is 9.42. The maximum atomic E-state index is 13.8. The summed E-state index contributed by atoms with van der Waals surface area (Å²) in [5, 5.41) is 18.3. The molecule has 1 aliphatic heterocycles. The number of anilines is 2. The molecule has 0 atom stereocenters. The van der Waals surface area contributed by atoms with Gasteiger partial charge in [0.15, 0.2) is 0 Å². The van der Waals surface area contributed by atoms with Gasteiger partial charge in [-0.3, -0.25) is 9.48 Å². The Hall–Kier alpha value is -4.42. The van der Waals surface area contributed by atoms with Gasteiger partial charge in [0.2, 0.25) is 11.8 Å². The molecule has 5 rings (SSSR count). The topological polar surface area (TPSA) is 96.1 Å². The average Bonchev–Trinajstić information content (AvgIpc) is 3.36. The molecule has 0 aliphatic carbocycles. The molecule has 1 saturated heterocycles. The number of benzene rings is 2. The van der Waals surface area contributed by atoms with Gasteiger partial charge in [-0.15, -0.1) is 0 Å². The Morgan fingerprint density at radius 3 is 2.71 bits per heavy atom. The summed E-state index contributed by atoms with van der Waals surface area (Å²) < 4.78 is 21.8. The van der Waals surface area contributed by atoms with Gasteiger partial charge in [-0.05, 0) is 35.9 Å². The first kappa shape index (κ1) is 25.2. The van der Waals surface area contributed by atoms with Crippen LogP contribution in [-0.2, 0) is 11.8 Å². The number of hydrogen-bond donors (Lipinski definition) is 1. The van der Waals surface area contributed by atoms with Crippen molar-refractivity contribution in [1.82, 2.24) is 19.7 Å². The quantitative estimate of drug-likeness (QED) is 0.326. The number of ether oxygens (including phenoxy) is 1. The van der Waals surface area contributed by atoms with Crippen LogP contribution in [0.2, 0.25) is 5.02 Å². The third-order valence-electron chi connectivity index (χ3n) is 6.50. The largest absolute Gasteiger partial charge is 0.473 e. The fourth-order valence-electron chi connectivity index (χ4n) is 4.51. The van der Waals surface area contributed by atoms with Crippen molar-refractivity contribution >= 4 is 39.8 Å². The summed E-state index contributed by atoms with van der Waals surface area (Å²) in [6.07, 6.45) is 5.93. The summed E-state index contributed by atoms with van der Waals surface area (Å²) in [5.74, 6) is -0.464. The van der Waals surface area contributed by atoms with E-state index in [0.717, 1.165) is 11.1 Å². The van der Waals surface area contributed by atoms with Gasteiger partial charge >= 0.3 is 0 Å². The summed E-state index contributed by atoms with van der Waals surface area (Å²) in [6, 6.07) is 12.2. The van der Waals surface area contributed by atoms with Crippen LogP contribution in [0.1, 0.15) is 18.4 Å². The predicted molar refractivity (Wildman–Crippen MR) is 144 cm³/mol. The van der Waals surface area contributed by atoms with Gasteiger partial charge in [0.1, 0.15) is 23.6 Å². The molecule has 1 aliphatic rings. The molecule has 0 saturated carbocycles. The lowest BCUT2D eigenvalue weighted by Crippen LogP contribution is -2.41. The molecule has 0 radical (unpaired) electrons. The molecular weight excluding hydrogens is 507 g/mol. The number of likely N-dealkylation sites (tertiary alicyclic amines) is 1. The summed E-state index contributed by atoms with van der Waals surface area (Å²) >= 11 is 6.01. The Morgan fingerprint density at radius 1 is 1.26 bits per heavy atom. The van der Waals surface area contributed by atoms with Crippen molar-refractivity contribution in [3.8, 4) is 23.1 Å². The fourth-order valence-corrected chi connectivity index (χ4v) is 4.69. The number of aromatic nitrogens is 3. The molecule has 0 bridgehead atoms. The number of halogens is 2. The molecule has 2 aromatic carbocycles. The van der Waals surface area contributed by atoms with E-state index in [2.05, 4.69) is 23.1 Å². The van der Waals surface area contributed by atoms with Gasteiger partial charge in [0, 0.05) is 55.8 Å². The van der Waals surface area contributed by atoms with Gasteiger partial charge in [-0.2, -0.15) is 10.4 Å². The van der Waals surface area contributed by atoms with E-state index < -0.39 is 5.82 Å². The van der Waals surface area contributed by atoms with Crippen LogP contribution in [0, 0.1) is 17.1 Å². The average molecular weight is 531 g/mol. The van der Waals surface area contributed by atoms with Crippen LogP contribution in [0.4, 0.5) is 15.8 Å². The van der Waals surface area contributed by atoms with E-state index in [1.165, 1.54) is 18.2 Å². The van der Waals surface area contributed by atoms with Crippen LogP contribution < -0.4 is 10.1 Å². The maximum Gasteiger partial charge on any atom is 0.245 e. The molecule has 1 amide bonds. The number of hydrogen-bond acceptors (Lipinski definition) is 6. The van der Waals surface area contributed by atoms with Crippen LogP contribution in [0.15, 0.2) is 61.4 Å². The first-order valence-corrected chi connectivity index (χ1v) is 12.4. The molecule has 1 fully saturated rings. The van der Waals surface area contributed by atoms with Crippen molar-refractivity contribution in [3.05, 3.63) is 77.9 Å². The fraction of sp³-hybridized carbons (Fsp3) is 0.214. The van der Waals surface area contributed by atoms with Crippen molar-refractivity contribution in [2.75, 3.05) is 18.4 Å². The van der Waals surface area contributed by atoms with Gasteiger partial charge in [0.05, 0.1) is 22.4 Å². The Labute approximate surface area is 223 Å². The van der Waals surface area contributed by atoms with E-state index in [0.29, 0.717) is 48.2 Å². The third kappa shape index (κ3) is 5.04. The number of rotatable bonds is 6. The Kier molecular flexibility index (Phi) is 6.99. The number of nitrogens with one attached hydrogen (secondary N) is 1. The highest BCUT2D eigenvalue weighted by atomic mass is 35.5. The van der Waals surface area contributed by atoms with E-state index >= 15 is 0 Å². The summed E-state index contributed by atoms with van der Waals surface area (Å²) in [6.45, 7) is 4.60.